The fourth-order valence-corrected chi connectivity index (χ4v) is 4.51. The van der Waals surface area contributed by atoms with Crippen LogP contribution in [0, 0.1) is 5.92 Å². The van der Waals surface area contributed by atoms with Gasteiger partial charge in [0.2, 0.25) is 5.91 Å². The molecule has 0 saturated heterocycles. The molecule has 0 unspecified atom stereocenters. The van der Waals surface area contributed by atoms with Crippen molar-refractivity contribution < 1.29 is 32.2 Å². The maximum absolute atomic E-state index is 13.0. The Labute approximate surface area is 256 Å². The first-order valence-corrected chi connectivity index (χ1v) is 14.6. The largest absolute Gasteiger partial charge is 0.573 e. The van der Waals surface area contributed by atoms with Crippen molar-refractivity contribution in [2.75, 3.05) is 5.94 Å². The van der Waals surface area contributed by atoms with E-state index in [1.807, 2.05) is 31.2 Å². The number of ether oxygens (including phenoxy) is 2. The van der Waals surface area contributed by atoms with Crippen molar-refractivity contribution in [3.05, 3.63) is 90.3 Å². The smallest absolute Gasteiger partial charge is 0.454 e. The van der Waals surface area contributed by atoms with Gasteiger partial charge in [0, 0.05) is 5.56 Å². The van der Waals surface area contributed by atoms with Crippen molar-refractivity contribution in [3.63, 3.8) is 0 Å². The molecule has 0 aliphatic rings. The Morgan fingerprint density at radius 1 is 1.02 bits per heavy atom. The van der Waals surface area contributed by atoms with Gasteiger partial charge in [-0.25, -0.2) is 14.7 Å². The lowest BCUT2D eigenvalue weighted by atomic mass is 10.1. The molecule has 1 N–H and O–H groups in total. The number of nitrogens with one attached hydrogen (secondary N) is 1. The number of aryl methyl sites for hydroxylation is 1. The van der Waals surface area contributed by atoms with Gasteiger partial charge >= 0.3 is 12.3 Å². The summed E-state index contributed by atoms with van der Waals surface area (Å²) in [5, 5.41) is 7.55. The first-order chi connectivity index (χ1) is 21.0. The first-order valence-electron chi connectivity index (χ1n) is 13.6. The van der Waals surface area contributed by atoms with Gasteiger partial charge in [-0.1, -0.05) is 63.2 Å². The minimum atomic E-state index is -4.77. The molecule has 4 rings (SSSR count). The second-order valence-corrected chi connectivity index (χ2v) is 10.7. The molecule has 0 aliphatic carbocycles. The molecule has 0 saturated carbocycles. The van der Waals surface area contributed by atoms with E-state index in [4.69, 9.17) is 4.74 Å². The maximum Gasteiger partial charge on any atom is 0.573 e. The number of amides is 1. The summed E-state index contributed by atoms with van der Waals surface area (Å²) in [6.45, 7) is 5.50. The molecule has 4 aromatic rings. The Bertz CT molecular complexity index is 1600. The van der Waals surface area contributed by atoms with Crippen LogP contribution in [0.3, 0.4) is 0 Å². The zero-order valence-electron chi connectivity index (χ0n) is 24.2. The lowest BCUT2D eigenvalue weighted by Crippen LogP contribution is -2.30. The molecule has 1 heterocycles. The molecular weight excluding hydrogens is 595 g/mol. The minimum Gasteiger partial charge on any atom is -0.454 e. The quantitative estimate of drug-likeness (QED) is 0.0912. The highest BCUT2D eigenvalue weighted by atomic mass is 32.2. The van der Waals surface area contributed by atoms with Gasteiger partial charge < -0.3 is 14.8 Å². The molecule has 3 aromatic carbocycles. The highest BCUT2D eigenvalue weighted by Gasteiger charge is 2.31. The van der Waals surface area contributed by atoms with Crippen molar-refractivity contribution in [1.82, 2.24) is 20.1 Å². The van der Waals surface area contributed by atoms with Crippen molar-refractivity contribution in [2.24, 2.45) is 10.9 Å². The van der Waals surface area contributed by atoms with Crippen molar-refractivity contribution in [2.45, 2.75) is 40.0 Å². The van der Waals surface area contributed by atoms with Crippen LogP contribution in [0.1, 0.15) is 31.9 Å². The van der Waals surface area contributed by atoms with Crippen LogP contribution in [-0.2, 0) is 27.2 Å². The number of thioether (sulfide) groups is 1. The predicted octanol–water partition coefficient (Wildman–Crippen LogP) is 6.63. The molecular formula is C31H30F3N5O4S. The van der Waals surface area contributed by atoms with Crippen LogP contribution < -0.4 is 10.1 Å². The fourth-order valence-electron chi connectivity index (χ4n) is 3.88. The van der Waals surface area contributed by atoms with E-state index in [9.17, 15) is 22.8 Å². The van der Waals surface area contributed by atoms with Gasteiger partial charge in [-0.05, 0) is 59.6 Å². The number of alkyl halides is 3. The number of hydrogen-bond donors (Lipinski definition) is 1. The number of nitrogens with zero attached hydrogens (tertiary/aromatic N) is 4. The van der Waals surface area contributed by atoms with E-state index in [0.717, 1.165) is 35.0 Å². The normalized spacial score (nSPS) is 11.8. The third-order valence-electron chi connectivity index (χ3n) is 6.11. The molecule has 0 aliphatic heterocycles. The topological polar surface area (TPSA) is 108 Å². The van der Waals surface area contributed by atoms with Crippen LogP contribution in [-0.4, -0.2) is 44.1 Å². The van der Waals surface area contributed by atoms with Crippen LogP contribution in [0.2, 0.25) is 0 Å². The van der Waals surface area contributed by atoms with Crippen LogP contribution in [0.5, 0.6) is 5.75 Å². The Balaban J connectivity index is 1.41. The summed E-state index contributed by atoms with van der Waals surface area (Å²) >= 11 is 1.12. The number of amidine groups is 1. The summed E-state index contributed by atoms with van der Waals surface area (Å²) in [6, 6.07) is 20.0. The summed E-state index contributed by atoms with van der Waals surface area (Å²) in [6.07, 6.45) is -2.50. The molecule has 1 amide bonds. The highest BCUT2D eigenvalue weighted by Crippen LogP contribution is 2.25. The third kappa shape index (κ3) is 9.43. The van der Waals surface area contributed by atoms with E-state index in [2.05, 4.69) is 25.1 Å². The van der Waals surface area contributed by atoms with Crippen LogP contribution in [0.15, 0.2) is 84.1 Å². The number of rotatable bonds is 10. The summed E-state index contributed by atoms with van der Waals surface area (Å²) in [4.78, 5) is 33.8. The van der Waals surface area contributed by atoms with Crippen molar-refractivity contribution in [3.8, 4) is 22.8 Å². The Hall–Kier alpha value is -4.65. The third-order valence-corrected chi connectivity index (χ3v) is 6.82. The molecule has 0 bridgehead atoms. The second kappa shape index (κ2) is 14.7. The van der Waals surface area contributed by atoms with Crippen molar-refractivity contribution >= 4 is 34.5 Å². The summed E-state index contributed by atoms with van der Waals surface area (Å²) in [5.41, 5.74) is 3.65. The van der Waals surface area contributed by atoms with E-state index >= 15 is 0 Å². The van der Waals surface area contributed by atoms with Crippen molar-refractivity contribution in [1.29, 1.82) is 0 Å². The molecule has 44 heavy (non-hydrogen) atoms. The number of para-hydroxylation sites is 1. The summed E-state index contributed by atoms with van der Waals surface area (Å²) in [7, 11) is 0. The minimum absolute atomic E-state index is 0.00421. The molecule has 230 valence electrons. The monoisotopic (exact) mass is 625 g/mol. The number of carbonyl (C=O) groups excluding carboxylic acids is 2. The molecule has 13 heteroatoms. The molecule has 0 radical (unpaired) electrons. The average Bonchev–Trinajstić information content (AvgIpc) is 3.47. The number of aromatic nitrogens is 3. The number of esters is 1. The zero-order chi connectivity index (χ0) is 31.7. The van der Waals surface area contributed by atoms with Crippen LogP contribution >= 0.6 is 11.8 Å². The van der Waals surface area contributed by atoms with E-state index in [0.29, 0.717) is 22.2 Å². The van der Waals surface area contributed by atoms with Crippen LogP contribution in [0.25, 0.3) is 17.1 Å². The fraction of sp³-hybridized carbons (Fsp3) is 0.258. The predicted molar refractivity (Wildman–Crippen MR) is 162 cm³/mol. The lowest BCUT2D eigenvalue weighted by molar-refractivity contribution is -0.274. The zero-order valence-corrected chi connectivity index (χ0v) is 25.0. The Kier molecular flexibility index (Phi) is 10.8. The molecule has 0 spiro atoms. The number of aliphatic imine (C=N–C) groups is 1. The first kappa shape index (κ1) is 32.3. The SMILES string of the molecule is CCc1ccccc1N=C(NC(=O)Cc1ccc(-c2ncn(-c3ccc(OC(F)(F)F)cc3)n2)cc1)SCOC(=O)C(C)C. The van der Waals surface area contributed by atoms with Gasteiger partial charge in [0.15, 0.2) is 11.0 Å². The number of carbonyl (C=O) groups is 2. The van der Waals surface area contributed by atoms with Crippen LogP contribution in [0.4, 0.5) is 18.9 Å². The second-order valence-electron chi connectivity index (χ2n) is 9.76. The van der Waals surface area contributed by atoms with Gasteiger partial charge in [-0.2, -0.15) is 0 Å². The standard InChI is InChI=1S/C31H30F3N5O4S/c1-4-22-7-5-6-8-26(22)36-30(44-19-42-29(41)20(2)3)37-27(40)17-21-9-11-23(12-10-21)28-35-18-39(38-28)24-13-15-25(16-14-24)43-31(32,33)34/h5-16,18,20H,4,17,19H2,1-3H3,(H,36,37,40). The maximum atomic E-state index is 13.0. The molecule has 1 aromatic heterocycles. The molecule has 0 fully saturated rings. The van der Waals surface area contributed by atoms with E-state index < -0.39 is 6.36 Å². The lowest BCUT2D eigenvalue weighted by Gasteiger charge is -2.11. The van der Waals surface area contributed by atoms with Gasteiger partial charge in [-0.15, -0.1) is 18.3 Å². The highest BCUT2D eigenvalue weighted by molar-refractivity contribution is 8.13. The molecule has 9 nitrogen and oxygen atoms in total. The Morgan fingerprint density at radius 3 is 2.39 bits per heavy atom. The summed E-state index contributed by atoms with van der Waals surface area (Å²) in [5.74, 6) is -0.846. The summed E-state index contributed by atoms with van der Waals surface area (Å²) < 4.78 is 47.8. The Morgan fingerprint density at radius 2 is 1.73 bits per heavy atom. The average molecular weight is 626 g/mol. The number of hydrogen-bond acceptors (Lipinski definition) is 8. The van der Waals surface area contributed by atoms with E-state index in [1.54, 1.807) is 38.1 Å². The van der Waals surface area contributed by atoms with E-state index in [-0.39, 0.29) is 35.9 Å². The van der Waals surface area contributed by atoms with Gasteiger partial charge in [0.25, 0.3) is 0 Å². The molecule has 0 atom stereocenters. The van der Waals surface area contributed by atoms with Gasteiger partial charge in [-0.3, -0.25) is 9.59 Å². The number of benzene rings is 3. The van der Waals surface area contributed by atoms with Gasteiger partial charge in [0.1, 0.15) is 18.0 Å². The van der Waals surface area contributed by atoms with Gasteiger partial charge in [0.05, 0.1) is 23.7 Å². The number of halogens is 3. The van der Waals surface area contributed by atoms with E-state index in [1.165, 1.54) is 35.3 Å².